The number of imidazole rings is 1. The first kappa shape index (κ1) is 17.9. The molecule has 0 spiro atoms. The number of carbonyl (C=O) groups excluding carboxylic acids is 1. The lowest BCUT2D eigenvalue weighted by Crippen LogP contribution is -2.07. The van der Waals surface area contributed by atoms with Crippen LogP contribution in [0.5, 0.6) is 0 Å². The van der Waals surface area contributed by atoms with E-state index >= 15 is 0 Å². The van der Waals surface area contributed by atoms with Crippen LogP contribution < -0.4 is 5.32 Å². The maximum absolute atomic E-state index is 11.7. The van der Waals surface area contributed by atoms with Gasteiger partial charge in [-0.3, -0.25) is 14.0 Å². The molecule has 0 radical (unpaired) electrons. The van der Waals surface area contributed by atoms with Crippen molar-refractivity contribution in [1.82, 2.24) is 23.9 Å². The highest BCUT2D eigenvalue weighted by atomic mass is 16.1. The number of amides is 1. The van der Waals surface area contributed by atoms with E-state index in [1.165, 1.54) is 6.92 Å². The number of aromatic nitrogens is 5. The van der Waals surface area contributed by atoms with Gasteiger partial charge < -0.3 is 9.88 Å². The highest BCUT2D eigenvalue weighted by molar-refractivity contribution is 5.90. The molecule has 30 heavy (non-hydrogen) atoms. The number of fused-ring (bicyclic) bond motifs is 1. The molecule has 0 aliphatic rings. The van der Waals surface area contributed by atoms with Gasteiger partial charge in [0.1, 0.15) is 6.33 Å². The van der Waals surface area contributed by atoms with E-state index < -0.39 is 0 Å². The van der Waals surface area contributed by atoms with E-state index in [9.17, 15) is 4.79 Å². The second kappa shape index (κ2) is 7.04. The van der Waals surface area contributed by atoms with Crippen LogP contribution in [0.2, 0.25) is 0 Å². The minimum Gasteiger partial charge on any atom is -0.326 e. The third-order valence-corrected chi connectivity index (χ3v) is 4.99. The lowest BCUT2D eigenvalue weighted by molar-refractivity contribution is -0.114. The van der Waals surface area contributed by atoms with Crippen molar-refractivity contribution in [3.8, 4) is 22.5 Å². The predicted octanol–water partition coefficient (Wildman–Crippen LogP) is 4.18. The number of anilines is 1. The van der Waals surface area contributed by atoms with Crippen LogP contribution >= 0.6 is 0 Å². The Kier molecular flexibility index (Phi) is 4.21. The summed E-state index contributed by atoms with van der Waals surface area (Å²) in [5.74, 6) is -0.109. The van der Waals surface area contributed by atoms with Gasteiger partial charge in [-0.2, -0.15) is 5.10 Å². The van der Waals surface area contributed by atoms with Crippen LogP contribution in [-0.2, 0) is 11.8 Å². The minimum absolute atomic E-state index is 0.109. The van der Waals surface area contributed by atoms with Crippen molar-refractivity contribution >= 4 is 22.6 Å². The van der Waals surface area contributed by atoms with Gasteiger partial charge in [0, 0.05) is 49.5 Å². The molecule has 0 fully saturated rings. The van der Waals surface area contributed by atoms with Crippen LogP contribution in [0.15, 0.2) is 79.6 Å². The number of benzene rings is 2. The van der Waals surface area contributed by atoms with Gasteiger partial charge in [-0.05, 0) is 48.0 Å². The van der Waals surface area contributed by atoms with Gasteiger partial charge in [-0.25, -0.2) is 4.98 Å². The molecular formula is C23H20N6O. The van der Waals surface area contributed by atoms with Crippen molar-refractivity contribution < 1.29 is 4.79 Å². The lowest BCUT2D eigenvalue weighted by Gasteiger charge is -2.12. The van der Waals surface area contributed by atoms with Gasteiger partial charge in [0.25, 0.3) is 0 Å². The molecule has 148 valence electrons. The maximum atomic E-state index is 11.7. The second-order valence-corrected chi connectivity index (χ2v) is 7.23. The first-order valence-corrected chi connectivity index (χ1v) is 9.59. The third kappa shape index (κ3) is 3.26. The van der Waals surface area contributed by atoms with Gasteiger partial charge in [0.2, 0.25) is 5.91 Å². The van der Waals surface area contributed by atoms with Crippen LogP contribution in [0, 0.1) is 0 Å². The molecule has 0 saturated carbocycles. The summed E-state index contributed by atoms with van der Waals surface area (Å²) >= 11 is 0. The molecule has 0 atom stereocenters. The molecule has 1 N–H and O–H groups in total. The average Bonchev–Trinajstić information content (AvgIpc) is 3.47. The van der Waals surface area contributed by atoms with Crippen LogP contribution in [0.25, 0.3) is 33.5 Å². The van der Waals surface area contributed by atoms with Crippen LogP contribution in [0.3, 0.4) is 0 Å². The van der Waals surface area contributed by atoms with Crippen LogP contribution in [-0.4, -0.2) is 29.8 Å². The molecule has 5 aromatic rings. The molecule has 1 amide bonds. The van der Waals surface area contributed by atoms with E-state index in [-0.39, 0.29) is 5.91 Å². The summed E-state index contributed by atoms with van der Waals surface area (Å²) in [4.78, 5) is 16.3. The Bertz CT molecular complexity index is 1360. The lowest BCUT2D eigenvalue weighted by atomic mass is 10.1. The van der Waals surface area contributed by atoms with E-state index in [0.717, 1.165) is 39.2 Å². The van der Waals surface area contributed by atoms with Gasteiger partial charge in [0.15, 0.2) is 0 Å². The van der Waals surface area contributed by atoms with Crippen LogP contribution in [0.4, 0.5) is 5.69 Å². The molecule has 0 aliphatic carbocycles. The Morgan fingerprint density at radius 3 is 2.53 bits per heavy atom. The van der Waals surface area contributed by atoms with Crippen molar-refractivity contribution in [3.63, 3.8) is 0 Å². The maximum Gasteiger partial charge on any atom is 0.221 e. The molecular weight excluding hydrogens is 376 g/mol. The van der Waals surface area contributed by atoms with Crippen molar-refractivity contribution in [3.05, 3.63) is 79.6 Å². The van der Waals surface area contributed by atoms with Crippen LogP contribution in [0.1, 0.15) is 6.92 Å². The fourth-order valence-corrected chi connectivity index (χ4v) is 3.63. The molecule has 2 aromatic carbocycles. The monoisotopic (exact) mass is 396 g/mol. The summed E-state index contributed by atoms with van der Waals surface area (Å²) in [5.41, 5.74) is 6.61. The number of hydrogen-bond acceptors (Lipinski definition) is 3. The van der Waals surface area contributed by atoms with Gasteiger partial charge >= 0.3 is 0 Å². The third-order valence-electron chi connectivity index (χ3n) is 4.99. The number of aryl methyl sites for hydroxylation is 1. The molecule has 0 bridgehead atoms. The van der Waals surface area contributed by atoms with E-state index in [2.05, 4.69) is 39.7 Å². The number of rotatable bonds is 4. The molecule has 5 rings (SSSR count). The van der Waals surface area contributed by atoms with Gasteiger partial charge in [-0.1, -0.05) is 6.07 Å². The van der Waals surface area contributed by atoms with Crippen molar-refractivity contribution in [2.75, 3.05) is 5.32 Å². The summed E-state index contributed by atoms with van der Waals surface area (Å²) in [6, 6.07) is 16.1. The summed E-state index contributed by atoms with van der Waals surface area (Å²) in [6.07, 6.45) is 9.59. The second-order valence-electron chi connectivity index (χ2n) is 7.23. The Balaban J connectivity index is 1.62. The largest absolute Gasteiger partial charge is 0.326 e. The number of carbonyl (C=O) groups is 1. The highest BCUT2D eigenvalue weighted by Gasteiger charge is 2.11. The van der Waals surface area contributed by atoms with E-state index in [1.807, 2.05) is 71.6 Å². The molecule has 3 aromatic heterocycles. The van der Waals surface area contributed by atoms with Crippen molar-refractivity contribution in [1.29, 1.82) is 0 Å². The molecule has 0 aliphatic heterocycles. The minimum atomic E-state index is -0.109. The zero-order chi connectivity index (χ0) is 20.7. The molecule has 0 saturated heterocycles. The van der Waals surface area contributed by atoms with Crippen molar-refractivity contribution in [2.24, 2.45) is 7.05 Å². The average molecular weight is 396 g/mol. The quantitative estimate of drug-likeness (QED) is 0.496. The first-order chi connectivity index (χ1) is 14.6. The summed E-state index contributed by atoms with van der Waals surface area (Å²) in [6.45, 7) is 1.51. The zero-order valence-electron chi connectivity index (χ0n) is 16.6. The van der Waals surface area contributed by atoms with Gasteiger partial charge in [-0.15, -0.1) is 0 Å². The Labute approximate surface area is 173 Å². The smallest absolute Gasteiger partial charge is 0.221 e. The molecule has 7 nitrogen and oxygen atoms in total. The Morgan fingerprint density at radius 2 is 1.80 bits per heavy atom. The fourth-order valence-electron chi connectivity index (χ4n) is 3.63. The van der Waals surface area contributed by atoms with Crippen molar-refractivity contribution in [2.45, 2.75) is 6.92 Å². The summed E-state index contributed by atoms with van der Waals surface area (Å²) < 4.78 is 5.82. The highest BCUT2D eigenvalue weighted by Crippen LogP contribution is 2.27. The first-order valence-electron chi connectivity index (χ1n) is 9.59. The predicted molar refractivity (Wildman–Crippen MR) is 117 cm³/mol. The summed E-state index contributed by atoms with van der Waals surface area (Å²) in [7, 11) is 1.90. The molecule has 7 heteroatoms. The van der Waals surface area contributed by atoms with E-state index in [1.54, 1.807) is 4.68 Å². The fraction of sp³-hybridized carbons (Fsp3) is 0.0870. The van der Waals surface area contributed by atoms with E-state index in [4.69, 9.17) is 0 Å². The topological polar surface area (TPSA) is 69.7 Å². The zero-order valence-corrected chi connectivity index (χ0v) is 16.6. The normalized spacial score (nSPS) is 11.1. The SMILES string of the molecule is CC(=O)Nc1cc(-n2cccc2)cc(-n2cnc3cc(-c4cnn(C)c4)ccc32)c1. The standard InChI is InChI=1S/C23H20N6O/c1-16(30)26-19-10-20(28-7-3-4-8-28)12-21(11-19)29-15-24-22-9-17(5-6-23(22)29)18-13-25-27(2)14-18/h3-15H,1-2H3,(H,26,30). The molecule has 0 unspecified atom stereocenters. The number of nitrogens with one attached hydrogen (secondary N) is 1. The summed E-state index contributed by atoms with van der Waals surface area (Å²) in [5, 5.41) is 7.14. The van der Waals surface area contributed by atoms with Gasteiger partial charge in [0.05, 0.1) is 22.9 Å². The Morgan fingerprint density at radius 1 is 1.00 bits per heavy atom. The van der Waals surface area contributed by atoms with E-state index in [0.29, 0.717) is 0 Å². The molecule has 3 heterocycles. The Hall–Kier alpha value is -4.13. The number of nitrogens with zero attached hydrogens (tertiary/aromatic N) is 5. The number of hydrogen-bond donors (Lipinski definition) is 1.